The predicted octanol–water partition coefficient (Wildman–Crippen LogP) is 3.86. The van der Waals surface area contributed by atoms with Crippen LogP contribution in [0.3, 0.4) is 0 Å². The number of hydrogen-bond donors (Lipinski definition) is 1. The Morgan fingerprint density at radius 3 is 2.82 bits per heavy atom. The van der Waals surface area contributed by atoms with Crippen LogP contribution in [-0.2, 0) is 6.42 Å². The summed E-state index contributed by atoms with van der Waals surface area (Å²) >= 11 is 5.28. The number of rotatable bonds is 7. The van der Waals surface area contributed by atoms with E-state index in [9.17, 15) is 4.39 Å². The van der Waals surface area contributed by atoms with Crippen LogP contribution in [0.15, 0.2) is 22.7 Å². The van der Waals surface area contributed by atoms with E-state index < -0.39 is 0 Å². The molecule has 0 aliphatic rings. The normalized spacial score (nSPS) is 12.7. The lowest BCUT2D eigenvalue weighted by Crippen LogP contribution is -2.31. The molecule has 0 aromatic heterocycles. The minimum atomic E-state index is -0.190. The van der Waals surface area contributed by atoms with E-state index in [4.69, 9.17) is 0 Å². The van der Waals surface area contributed by atoms with E-state index in [-0.39, 0.29) is 5.82 Å². The first-order chi connectivity index (χ1) is 8.17. The van der Waals surface area contributed by atoms with Crippen molar-refractivity contribution in [2.24, 2.45) is 0 Å². The van der Waals surface area contributed by atoms with Crippen LogP contribution < -0.4 is 5.32 Å². The Morgan fingerprint density at radius 1 is 1.47 bits per heavy atom. The lowest BCUT2D eigenvalue weighted by Gasteiger charge is -2.18. The summed E-state index contributed by atoms with van der Waals surface area (Å²) in [6.45, 7) is 3.09. The van der Waals surface area contributed by atoms with E-state index >= 15 is 0 Å². The molecule has 0 radical (unpaired) electrons. The summed E-state index contributed by atoms with van der Waals surface area (Å²) in [6, 6.07) is 5.39. The third-order valence-electron chi connectivity index (χ3n) is 2.64. The van der Waals surface area contributed by atoms with Crippen molar-refractivity contribution in [3.63, 3.8) is 0 Å². The first-order valence-electron chi connectivity index (χ1n) is 5.83. The second kappa shape index (κ2) is 8.11. The van der Waals surface area contributed by atoms with Gasteiger partial charge in [-0.1, -0.05) is 28.9 Å². The molecule has 1 nitrogen and oxygen atoms in total. The summed E-state index contributed by atoms with van der Waals surface area (Å²) in [5.41, 5.74) is 1.17. The Hall–Kier alpha value is -0.0600. The maximum Gasteiger partial charge on any atom is 0.124 e. The molecule has 0 fully saturated rings. The summed E-state index contributed by atoms with van der Waals surface area (Å²) in [5, 5.41) is 3.48. The van der Waals surface area contributed by atoms with Crippen LogP contribution in [0.2, 0.25) is 0 Å². The Kier molecular flexibility index (Phi) is 7.16. The van der Waals surface area contributed by atoms with Gasteiger partial charge in [0.2, 0.25) is 0 Å². The van der Waals surface area contributed by atoms with Gasteiger partial charge in [0, 0.05) is 10.5 Å². The average Bonchev–Trinajstić information content (AvgIpc) is 2.29. The van der Waals surface area contributed by atoms with Crippen LogP contribution in [0.4, 0.5) is 4.39 Å². The zero-order valence-electron chi connectivity index (χ0n) is 10.3. The molecule has 1 aromatic rings. The molecule has 1 rings (SSSR count). The van der Waals surface area contributed by atoms with Crippen LogP contribution in [0, 0.1) is 5.82 Å². The molecule has 1 atom stereocenters. The average molecular weight is 320 g/mol. The fraction of sp³-hybridized carbons (Fsp3) is 0.538. The van der Waals surface area contributed by atoms with Crippen LogP contribution in [0.1, 0.15) is 18.9 Å². The maximum absolute atomic E-state index is 13.0. The predicted molar refractivity (Wildman–Crippen MR) is 78.3 cm³/mol. The molecule has 0 saturated carbocycles. The molecule has 0 bridgehead atoms. The van der Waals surface area contributed by atoms with E-state index in [1.165, 1.54) is 17.7 Å². The first-order valence-corrected chi connectivity index (χ1v) is 8.02. The van der Waals surface area contributed by atoms with E-state index in [0.29, 0.717) is 6.04 Å². The van der Waals surface area contributed by atoms with Gasteiger partial charge in [-0.3, -0.25) is 0 Å². The lowest BCUT2D eigenvalue weighted by molar-refractivity contribution is 0.512. The van der Waals surface area contributed by atoms with Crippen LogP contribution in [-0.4, -0.2) is 24.6 Å². The Bertz CT molecular complexity index is 346. The van der Waals surface area contributed by atoms with E-state index in [0.717, 1.165) is 29.6 Å². The summed E-state index contributed by atoms with van der Waals surface area (Å²) in [7, 11) is 0. The number of thioether (sulfide) groups is 1. The van der Waals surface area contributed by atoms with Gasteiger partial charge < -0.3 is 5.32 Å². The highest BCUT2D eigenvalue weighted by atomic mass is 79.9. The van der Waals surface area contributed by atoms with Crippen molar-refractivity contribution < 1.29 is 4.39 Å². The quantitative estimate of drug-likeness (QED) is 0.819. The van der Waals surface area contributed by atoms with Gasteiger partial charge in [0.15, 0.2) is 0 Å². The smallest absolute Gasteiger partial charge is 0.124 e. The monoisotopic (exact) mass is 319 g/mol. The molecule has 1 unspecified atom stereocenters. The molecule has 17 heavy (non-hydrogen) atoms. The molecule has 1 aromatic carbocycles. The SMILES string of the molecule is CCNC(CCSC)Cc1ccc(F)cc1Br. The molecular weight excluding hydrogens is 301 g/mol. The molecule has 0 aliphatic carbocycles. The maximum atomic E-state index is 13.0. The van der Waals surface area contributed by atoms with E-state index in [1.54, 1.807) is 0 Å². The topological polar surface area (TPSA) is 12.0 Å². The molecule has 0 heterocycles. The molecule has 0 amide bonds. The van der Waals surface area contributed by atoms with Crippen molar-refractivity contribution in [1.29, 1.82) is 0 Å². The van der Waals surface area contributed by atoms with Crippen molar-refractivity contribution in [2.45, 2.75) is 25.8 Å². The molecule has 96 valence electrons. The van der Waals surface area contributed by atoms with Gasteiger partial charge in [-0.15, -0.1) is 0 Å². The van der Waals surface area contributed by atoms with Gasteiger partial charge in [0.1, 0.15) is 5.82 Å². The van der Waals surface area contributed by atoms with Crippen molar-refractivity contribution in [3.05, 3.63) is 34.1 Å². The minimum Gasteiger partial charge on any atom is -0.314 e. The molecular formula is C13H19BrFNS. The molecule has 1 N–H and O–H groups in total. The van der Waals surface area contributed by atoms with Gasteiger partial charge in [-0.05, 0) is 49.1 Å². The van der Waals surface area contributed by atoms with Gasteiger partial charge in [-0.2, -0.15) is 11.8 Å². The van der Waals surface area contributed by atoms with Crippen LogP contribution >= 0.6 is 27.7 Å². The van der Waals surface area contributed by atoms with E-state index in [1.807, 2.05) is 17.8 Å². The van der Waals surface area contributed by atoms with Crippen molar-refractivity contribution in [2.75, 3.05) is 18.6 Å². The molecule has 0 aliphatic heterocycles. The second-order valence-electron chi connectivity index (χ2n) is 3.98. The van der Waals surface area contributed by atoms with Crippen molar-refractivity contribution in [3.8, 4) is 0 Å². The van der Waals surface area contributed by atoms with Crippen molar-refractivity contribution >= 4 is 27.7 Å². The lowest BCUT2D eigenvalue weighted by atomic mass is 10.0. The van der Waals surface area contributed by atoms with Gasteiger partial charge in [-0.25, -0.2) is 4.39 Å². The first kappa shape index (κ1) is 15.0. The standard InChI is InChI=1S/C13H19BrFNS/c1-3-16-12(6-7-17-2)8-10-4-5-11(15)9-13(10)14/h4-5,9,12,16H,3,6-8H2,1-2H3. The van der Waals surface area contributed by atoms with Crippen molar-refractivity contribution in [1.82, 2.24) is 5.32 Å². The molecule has 0 spiro atoms. The Labute approximate surface area is 116 Å². The third-order valence-corrected chi connectivity index (χ3v) is 4.03. The summed E-state index contributed by atoms with van der Waals surface area (Å²) < 4.78 is 13.9. The molecule has 4 heteroatoms. The van der Waals surface area contributed by atoms with Gasteiger partial charge in [0.25, 0.3) is 0 Å². The number of benzene rings is 1. The second-order valence-corrected chi connectivity index (χ2v) is 5.82. The number of nitrogens with one attached hydrogen (secondary N) is 1. The zero-order valence-corrected chi connectivity index (χ0v) is 12.7. The van der Waals surface area contributed by atoms with E-state index in [2.05, 4.69) is 34.4 Å². The van der Waals surface area contributed by atoms with Gasteiger partial charge >= 0.3 is 0 Å². The molecule has 0 saturated heterocycles. The van der Waals surface area contributed by atoms with Gasteiger partial charge in [0.05, 0.1) is 0 Å². The third kappa shape index (κ3) is 5.40. The highest BCUT2D eigenvalue weighted by Crippen LogP contribution is 2.20. The number of likely N-dealkylation sites (N-methyl/N-ethyl adjacent to an activating group) is 1. The summed E-state index contributed by atoms with van der Waals surface area (Å²) in [4.78, 5) is 0. The highest BCUT2D eigenvalue weighted by molar-refractivity contribution is 9.10. The number of halogens is 2. The van der Waals surface area contributed by atoms with Crippen LogP contribution in [0.25, 0.3) is 0 Å². The zero-order chi connectivity index (χ0) is 12.7. The van der Waals surface area contributed by atoms with Crippen LogP contribution in [0.5, 0.6) is 0 Å². The summed E-state index contributed by atoms with van der Waals surface area (Å²) in [6.07, 6.45) is 4.20. The number of hydrogen-bond acceptors (Lipinski definition) is 2. The largest absolute Gasteiger partial charge is 0.314 e. The highest BCUT2D eigenvalue weighted by Gasteiger charge is 2.10. The summed E-state index contributed by atoms with van der Waals surface area (Å²) in [5.74, 6) is 0.959. The fourth-order valence-electron chi connectivity index (χ4n) is 1.78. The minimum absolute atomic E-state index is 0.190. The fourth-order valence-corrected chi connectivity index (χ4v) is 2.81. The Morgan fingerprint density at radius 2 is 2.24 bits per heavy atom. The Balaban J connectivity index is 2.64.